The van der Waals surface area contributed by atoms with Gasteiger partial charge in [0, 0.05) is 37.5 Å². The van der Waals surface area contributed by atoms with Crippen molar-refractivity contribution in [3.05, 3.63) is 96.0 Å². The Morgan fingerprint density at radius 3 is 2.40 bits per heavy atom. The highest BCUT2D eigenvalue weighted by atomic mass is 19.4. The number of pyridine rings is 2. The molecule has 2 N–H and O–H groups in total. The standard InChI is InChI=1S/C24H22N8O.C2HF3O2/c1-16-11-27-19(12-26-16)13-28-24(33)22-21-5-3-4-10-32(21)23(30-22)20-15-31(17(2)29-20)14-18-6-8-25-9-7-18;3-2(4,5)1(6)7/h3-12,15H,13-14H2,1-2H3,(H,28,33);(H,6,7). The first-order valence-corrected chi connectivity index (χ1v) is 11.8. The van der Waals surface area contributed by atoms with Crippen LogP contribution in [-0.4, -0.2) is 57.0 Å². The molecule has 0 saturated carbocycles. The fourth-order valence-corrected chi connectivity index (χ4v) is 3.61. The Kier molecular flexibility index (Phi) is 8.17. The maximum absolute atomic E-state index is 13.0. The summed E-state index contributed by atoms with van der Waals surface area (Å²) in [6.45, 7) is 4.77. The number of fused-ring (bicyclic) bond motifs is 1. The van der Waals surface area contributed by atoms with Crippen molar-refractivity contribution in [2.24, 2.45) is 0 Å². The zero-order chi connectivity index (χ0) is 28.9. The molecule has 0 spiro atoms. The number of aromatic nitrogens is 7. The summed E-state index contributed by atoms with van der Waals surface area (Å²) in [5, 5.41) is 10.0. The number of carbonyl (C=O) groups is 2. The molecular weight excluding hydrogens is 529 g/mol. The van der Waals surface area contributed by atoms with Crippen molar-refractivity contribution in [2.45, 2.75) is 33.1 Å². The van der Waals surface area contributed by atoms with E-state index in [-0.39, 0.29) is 12.5 Å². The van der Waals surface area contributed by atoms with E-state index in [2.05, 4.69) is 29.8 Å². The van der Waals surface area contributed by atoms with Gasteiger partial charge in [-0.25, -0.2) is 14.8 Å². The van der Waals surface area contributed by atoms with Crippen LogP contribution in [0, 0.1) is 13.8 Å². The first-order valence-electron chi connectivity index (χ1n) is 11.8. The normalized spacial score (nSPS) is 11.1. The highest BCUT2D eigenvalue weighted by molar-refractivity contribution is 5.99. The van der Waals surface area contributed by atoms with Crippen LogP contribution in [0.1, 0.15) is 33.3 Å². The number of rotatable bonds is 6. The van der Waals surface area contributed by atoms with Gasteiger partial charge in [0.15, 0.2) is 11.5 Å². The summed E-state index contributed by atoms with van der Waals surface area (Å²) in [5.74, 6) is -1.56. The second kappa shape index (κ2) is 11.7. The average Bonchev–Trinajstić information content (AvgIpc) is 3.49. The van der Waals surface area contributed by atoms with Gasteiger partial charge in [0.05, 0.1) is 29.6 Å². The highest BCUT2D eigenvalue weighted by Gasteiger charge is 2.38. The third-order valence-corrected chi connectivity index (χ3v) is 5.58. The lowest BCUT2D eigenvalue weighted by Gasteiger charge is -2.03. The van der Waals surface area contributed by atoms with Crippen molar-refractivity contribution >= 4 is 17.4 Å². The molecule has 0 unspecified atom stereocenters. The van der Waals surface area contributed by atoms with E-state index in [1.165, 1.54) is 0 Å². The molecule has 5 aromatic heterocycles. The fourth-order valence-electron chi connectivity index (χ4n) is 3.61. The number of amides is 1. The van der Waals surface area contributed by atoms with Crippen molar-refractivity contribution in [1.82, 2.24) is 39.2 Å². The van der Waals surface area contributed by atoms with Crippen LogP contribution in [0.2, 0.25) is 0 Å². The molecule has 0 radical (unpaired) electrons. The number of carboxylic acid groups (broad SMARTS) is 1. The number of imidazole rings is 2. The van der Waals surface area contributed by atoms with Gasteiger partial charge in [0.2, 0.25) is 0 Å². The third-order valence-electron chi connectivity index (χ3n) is 5.58. The summed E-state index contributed by atoms with van der Waals surface area (Å²) >= 11 is 0. The van der Waals surface area contributed by atoms with E-state index in [1.807, 2.05) is 61.0 Å². The summed E-state index contributed by atoms with van der Waals surface area (Å²) in [5.41, 5.74) is 4.39. The van der Waals surface area contributed by atoms with Crippen molar-refractivity contribution < 1.29 is 27.9 Å². The second-order valence-electron chi connectivity index (χ2n) is 8.53. The first-order chi connectivity index (χ1) is 19.0. The van der Waals surface area contributed by atoms with Crippen molar-refractivity contribution in [3.8, 4) is 11.5 Å². The monoisotopic (exact) mass is 552 g/mol. The van der Waals surface area contributed by atoms with Gasteiger partial charge in [-0.1, -0.05) is 6.07 Å². The topological polar surface area (TPSA) is 140 Å². The molecule has 206 valence electrons. The highest BCUT2D eigenvalue weighted by Crippen LogP contribution is 2.23. The van der Waals surface area contributed by atoms with Gasteiger partial charge in [-0.3, -0.25) is 24.1 Å². The molecule has 0 atom stereocenters. The lowest BCUT2D eigenvalue weighted by atomic mass is 10.3. The maximum atomic E-state index is 13.0. The van der Waals surface area contributed by atoms with Gasteiger partial charge in [-0.15, -0.1) is 0 Å². The van der Waals surface area contributed by atoms with Crippen LogP contribution in [-0.2, 0) is 17.9 Å². The minimum Gasteiger partial charge on any atom is -0.475 e. The quantitative estimate of drug-likeness (QED) is 0.326. The molecule has 5 rings (SSSR count). The van der Waals surface area contributed by atoms with Crippen LogP contribution in [0.15, 0.2) is 67.5 Å². The number of aryl methyl sites for hydroxylation is 2. The van der Waals surface area contributed by atoms with Crippen molar-refractivity contribution in [1.29, 1.82) is 0 Å². The summed E-state index contributed by atoms with van der Waals surface area (Å²) in [4.78, 5) is 43.9. The molecule has 14 heteroatoms. The Hall–Kier alpha value is -5.14. The first kappa shape index (κ1) is 27.9. The molecule has 0 aliphatic rings. The molecule has 0 aliphatic carbocycles. The zero-order valence-electron chi connectivity index (χ0n) is 21.3. The van der Waals surface area contributed by atoms with E-state index in [0.717, 1.165) is 17.1 Å². The molecule has 0 fully saturated rings. The molecule has 5 aromatic rings. The Labute approximate surface area is 225 Å². The van der Waals surface area contributed by atoms with E-state index in [9.17, 15) is 18.0 Å². The van der Waals surface area contributed by atoms with Crippen LogP contribution >= 0.6 is 0 Å². The SMILES string of the molecule is Cc1cnc(CNC(=O)c2nc(-c3cn(Cc4ccncc4)c(C)n3)n3ccccc23)cn1.O=C(O)C(F)(F)F. The summed E-state index contributed by atoms with van der Waals surface area (Å²) in [7, 11) is 0. The number of carbonyl (C=O) groups excluding carboxylic acids is 1. The van der Waals surface area contributed by atoms with Crippen LogP contribution in [0.25, 0.3) is 17.0 Å². The predicted molar refractivity (Wildman–Crippen MR) is 136 cm³/mol. The van der Waals surface area contributed by atoms with E-state index in [1.54, 1.807) is 24.8 Å². The molecule has 40 heavy (non-hydrogen) atoms. The van der Waals surface area contributed by atoms with Gasteiger partial charge in [0.1, 0.15) is 11.5 Å². The Balaban J connectivity index is 0.000000470. The Bertz CT molecular complexity index is 1630. The summed E-state index contributed by atoms with van der Waals surface area (Å²) in [6.07, 6.45) is 5.65. The van der Waals surface area contributed by atoms with Crippen molar-refractivity contribution in [2.75, 3.05) is 0 Å². The van der Waals surface area contributed by atoms with E-state index in [0.29, 0.717) is 35.0 Å². The fraction of sp³-hybridized carbons (Fsp3) is 0.192. The molecule has 5 heterocycles. The van der Waals surface area contributed by atoms with Crippen LogP contribution in [0.4, 0.5) is 13.2 Å². The molecular formula is C26H23F3N8O3. The van der Waals surface area contributed by atoms with E-state index >= 15 is 0 Å². The number of alkyl halides is 3. The van der Waals surface area contributed by atoms with Crippen LogP contribution < -0.4 is 5.32 Å². The summed E-state index contributed by atoms with van der Waals surface area (Å²) < 4.78 is 35.7. The van der Waals surface area contributed by atoms with Gasteiger partial charge < -0.3 is 15.0 Å². The largest absolute Gasteiger partial charge is 0.490 e. The molecule has 0 aliphatic heterocycles. The molecule has 1 amide bonds. The van der Waals surface area contributed by atoms with E-state index in [4.69, 9.17) is 14.9 Å². The Morgan fingerprint density at radius 1 is 1.02 bits per heavy atom. The minimum absolute atomic E-state index is 0.271. The lowest BCUT2D eigenvalue weighted by molar-refractivity contribution is -0.192. The molecule has 0 bridgehead atoms. The smallest absolute Gasteiger partial charge is 0.475 e. The number of hydrogen-bond donors (Lipinski definition) is 2. The van der Waals surface area contributed by atoms with Gasteiger partial charge in [-0.05, 0) is 43.7 Å². The molecule has 11 nitrogen and oxygen atoms in total. The third kappa shape index (κ3) is 6.64. The number of hydrogen-bond acceptors (Lipinski definition) is 7. The molecule has 0 aromatic carbocycles. The number of nitrogens with zero attached hydrogens (tertiary/aromatic N) is 7. The maximum Gasteiger partial charge on any atom is 0.490 e. The number of carboxylic acids is 1. The number of halogens is 3. The predicted octanol–water partition coefficient (Wildman–Crippen LogP) is 3.61. The van der Waals surface area contributed by atoms with Crippen LogP contribution in [0.3, 0.4) is 0 Å². The lowest BCUT2D eigenvalue weighted by Crippen LogP contribution is -2.24. The summed E-state index contributed by atoms with van der Waals surface area (Å²) in [6, 6.07) is 9.62. The van der Waals surface area contributed by atoms with Crippen LogP contribution in [0.5, 0.6) is 0 Å². The molecule has 0 saturated heterocycles. The van der Waals surface area contributed by atoms with Crippen molar-refractivity contribution in [3.63, 3.8) is 0 Å². The van der Waals surface area contributed by atoms with E-state index < -0.39 is 12.1 Å². The number of aliphatic carboxylic acids is 1. The number of nitrogens with one attached hydrogen (secondary N) is 1. The minimum atomic E-state index is -5.08. The van der Waals surface area contributed by atoms with Gasteiger partial charge >= 0.3 is 12.1 Å². The average molecular weight is 553 g/mol. The Morgan fingerprint density at radius 2 is 1.75 bits per heavy atom. The second-order valence-corrected chi connectivity index (χ2v) is 8.53. The van der Waals surface area contributed by atoms with Gasteiger partial charge in [0.25, 0.3) is 5.91 Å². The zero-order valence-corrected chi connectivity index (χ0v) is 21.3. The van der Waals surface area contributed by atoms with Gasteiger partial charge in [-0.2, -0.15) is 13.2 Å².